The van der Waals surface area contributed by atoms with Gasteiger partial charge in [0.25, 0.3) is 0 Å². The molecule has 0 atom stereocenters. The Kier molecular flexibility index (Phi) is 4.94. The molecule has 2 aromatic carbocycles. The monoisotopic (exact) mass is 321 g/mol. The van der Waals surface area contributed by atoms with Gasteiger partial charge >= 0.3 is 0 Å². The summed E-state index contributed by atoms with van der Waals surface area (Å²) in [6.45, 7) is 4.94. The van der Waals surface area contributed by atoms with Gasteiger partial charge in [-0.25, -0.2) is 4.98 Å². The van der Waals surface area contributed by atoms with Gasteiger partial charge < -0.3 is 9.88 Å². The average Bonchev–Trinajstić information content (AvgIpc) is 2.99. The molecule has 0 spiro atoms. The summed E-state index contributed by atoms with van der Waals surface area (Å²) in [6, 6.07) is 16.5. The summed E-state index contributed by atoms with van der Waals surface area (Å²) in [7, 11) is 0. The van der Waals surface area contributed by atoms with Crippen molar-refractivity contribution >= 4 is 16.9 Å². The maximum absolute atomic E-state index is 12.0. The minimum atomic E-state index is 0.0614. The average molecular weight is 321 g/mol. The lowest BCUT2D eigenvalue weighted by molar-refractivity contribution is -0.120. The highest BCUT2D eigenvalue weighted by Crippen LogP contribution is 2.18. The van der Waals surface area contributed by atoms with Gasteiger partial charge in [-0.3, -0.25) is 4.79 Å². The summed E-state index contributed by atoms with van der Waals surface area (Å²) < 4.78 is 2.17. The van der Waals surface area contributed by atoms with E-state index in [1.165, 1.54) is 5.56 Å². The van der Waals surface area contributed by atoms with E-state index in [9.17, 15) is 4.79 Å². The quantitative estimate of drug-likeness (QED) is 0.755. The molecule has 4 heteroatoms. The van der Waals surface area contributed by atoms with E-state index in [1.54, 1.807) is 0 Å². The molecule has 1 N–H and O–H groups in total. The molecule has 0 radical (unpaired) electrons. The van der Waals surface area contributed by atoms with Crippen LogP contribution in [-0.4, -0.2) is 22.0 Å². The summed E-state index contributed by atoms with van der Waals surface area (Å²) in [5.41, 5.74) is 4.39. The van der Waals surface area contributed by atoms with Gasteiger partial charge in [-0.2, -0.15) is 0 Å². The largest absolute Gasteiger partial charge is 0.355 e. The highest BCUT2D eigenvalue weighted by Gasteiger charge is 2.07. The Balaban J connectivity index is 1.55. The molecule has 4 nitrogen and oxygen atoms in total. The molecular formula is C20H23N3O. The van der Waals surface area contributed by atoms with E-state index in [1.807, 2.05) is 36.7 Å². The van der Waals surface area contributed by atoms with Crippen molar-refractivity contribution < 1.29 is 4.79 Å². The summed E-state index contributed by atoms with van der Waals surface area (Å²) in [5.74, 6) is 0.0614. The normalized spacial score (nSPS) is 11.1. The first kappa shape index (κ1) is 16.2. The van der Waals surface area contributed by atoms with Crippen molar-refractivity contribution in [1.29, 1.82) is 0 Å². The van der Waals surface area contributed by atoms with Gasteiger partial charge in [0.05, 0.1) is 23.8 Å². The first-order valence-corrected chi connectivity index (χ1v) is 8.39. The molecule has 0 unspecified atom stereocenters. The fourth-order valence-electron chi connectivity index (χ4n) is 2.83. The third kappa shape index (κ3) is 3.82. The maximum atomic E-state index is 12.0. The van der Waals surface area contributed by atoms with Crippen molar-refractivity contribution in [2.45, 2.75) is 32.7 Å². The molecule has 24 heavy (non-hydrogen) atoms. The second-order valence-corrected chi connectivity index (χ2v) is 6.33. The van der Waals surface area contributed by atoms with Crippen LogP contribution in [0.15, 0.2) is 54.9 Å². The lowest BCUT2D eigenvalue weighted by Gasteiger charge is -2.08. The van der Waals surface area contributed by atoms with Crippen LogP contribution < -0.4 is 5.32 Å². The van der Waals surface area contributed by atoms with E-state index < -0.39 is 0 Å². The second kappa shape index (κ2) is 7.30. The number of aromatic nitrogens is 2. The molecule has 0 aliphatic rings. The summed E-state index contributed by atoms with van der Waals surface area (Å²) in [5, 5.41) is 2.99. The molecule has 1 amide bonds. The predicted octanol–water partition coefficient (Wildman–Crippen LogP) is 3.52. The lowest BCUT2D eigenvalue weighted by atomic mass is 10.1. The highest BCUT2D eigenvalue weighted by molar-refractivity contribution is 5.78. The first-order valence-electron chi connectivity index (χ1n) is 8.39. The minimum Gasteiger partial charge on any atom is -0.355 e. The van der Waals surface area contributed by atoms with Crippen LogP contribution in [0.3, 0.4) is 0 Å². The Labute approximate surface area is 142 Å². The van der Waals surface area contributed by atoms with Crippen molar-refractivity contribution in [2.24, 2.45) is 0 Å². The van der Waals surface area contributed by atoms with Crippen LogP contribution in [-0.2, 0) is 17.6 Å². The molecule has 124 valence electrons. The molecular weight excluding hydrogens is 298 g/mol. The van der Waals surface area contributed by atoms with Gasteiger partial charge in [-0.05, 0) is 43.5 Å². The number of carbonyl (C=O) groups is 1. The van der Waals surface area contributed by atoms with Crippen LogP contribution in [0.25, 0.3) is 11.0 Å². The number of rotatable bonds is 6. The number of amides is 1. The van der Waals surface area contributed by atoms with Crippen molar-refractivity contribution in [2.75, 3.05) is 6.54 Å². The van der Waals surface area contributed by atoms with Crippen LogP contribution in [0.4, 0.5) is 0 Å². The van der Waals surface area contributed by atoms with Crippen molar-refractivity contribution in [3.8, 4) is 0 Å². The lowest BCUT2D eigenvalue weighted by Crippen LogP contribution is -2.27. The third-order valence-electron chi connectivity index (χ3n) is 4.14. The van der Waals surface area contributed by atoms with Gasteiger partial charge in [-0.1, -0.05) is 36.4 Å². The third-order valence-corrected chi connectivity index (χ3v) is 4.14. The molecule has 0 bridgehead atoms. The number of nitrogens with one attached hydrogen (secondary N) is 1. The zero-order valence-corrected chi connectivity index (χ0v) is 14.2. The maximum Gasteiger partial charge on any atom is 0.224 e. The van der Waals surface area contributed by atoms with E-state index >= 15 is 0 Å². The Morgan fingerprint density at radius 1 is 1.12 bits per heavy atom. The van der Waals surface area contributed by atoms with E-state index in [0.717, 1.165) is 23.0 Å². The molecule has 1 aromatic heterocycles. The summed E-state index contributed by atoms with van der Waals surface area (Å²) in [6.07, 6.45) is 3.13. The number of benzene rings is 2. The topological polar surface area (TPSA) is 46.9 Å². The SMILES string of the molecule is CC(C)n1cnc2cc(CCNC(=O)Cc3ccccc3)ccc21. The highest BCUT2D eigenvalue weighted by atomic mass is 16.1. The molecule has 3 rings (SSSR count). The van der Waals surface area contributed by atoms with Gasteiger partial charge in [0.2, 0.25) is 5.91 Å². The number of fused-ring (bicyclic) bond motifs is 1. The minimum absolute atomic E-state index is 0.0614. The molecule has 1 heterocycles. The second-order valence-electron chi connectivity index (χ2n) is 6.33. The first-order chi connectivity index (χ1) is 11.6. The Bertz CT molecular complexity index is 821. The summed E-state index contributed by atoms with van der Waals surface area (Å²) in [4.78, 5) is 16.4. The molecule has 3 aromatic rings. The van der Waals surface area contributed by atoms with Gasteiger partial charge in [-0.15, -0.1) is 0 Å². The van der Waals surface area contributed by atoms with Crippen LogP contribution >= 0.6 is 0 Å². The fraction of sp³-hybridized carbons (Fsp3) is 0.300. The van der Waals surface area contributed by atoms with E-state index in [0.29, 0.717) is 19.0 Å². The van der Waals surface area contributed by atoms with Crippen molar-refractivity contribution in [1.82, 2.24) is 14.9 Å². The van der Waals surface area contributed by atoms with Gasteiger partial charge in [0.15, 0.2) is 0 Å². The van der Waals surface area contributed by atoms with E-state index in [4.69, 9.17) is 0 Å². The zero-order chi connectivity index (χ0) is 16.9. The standard InChI is InChI=1S/C20H23N3O/c1-15(2)23-14-22-18-12-17(8-9-19(18)23)10-11-21-20(24)13-16-6-4-3-5-7-16/h3-9,12,14-15H,10-11,13H2,1-2H3,(H,21,24). The fourth-order valence-corrected chi connectivity index (χ4v) is 2.83. The zero-order valence-electron chi connectivity index (χ0n) is 14.2. The Hall–Kier alpha value is -2.62. The predicted molar refractivity (Wildman–Crippen MR) is 97.0 cm³/mol. The van der Waals surface area contributed by atoms with Crippen molar-refractivity contribution in [3.05, 3.63) is 66.0 Å². The Morgan fingerprint density at radius 3 is 2.67 bits per heavy atom. The van der Waals surface area contributed by atoms with Crippen molar-refractivity contribution in [3.63, 3.8) is 0 Å². The number of hydrogen-bond donors (Lipinski definition) is 1. The molecule has 0 aliphatic carbocycles. The van der Waals surface area contributed by atoms with Crippen LogP contribution in [0.2, 0.25) is 0 Å². The van der Waals surface area contributed by atoms with Gasteiger partial charge in [0.1, 0.15) is 0 Å². The molecule has 0 saturated heterocycles. The Morgan fingerprint density at radius 2 is 1.92 bits per heavy atom. The van der Waals surface area contributed by atoms with Crippen LogP contribution in [0, 0.1) is 0 Å². The van der Waals surface area contributed by atoms with Crippen LogP contribution in [0.1, 0.15) is 31.0 Å². The number of carbonyl (C=O) groups excluding carboxylic acids is 1. The van der Waals surface area contributed by atoms with Crippen LogP contribution in [0.5, 0.6) is 0 Å². The number of nitrogens with zero attached hydrogens (tertiary/aromatic N) is 2. The number of imidazole rings is 1. The molecule has 0 aliphatic heterocycles. The van der Waals surface area contributed by atoms with E-state index in [2.05, 4.69) is 46.9 Å². The van der Waals surface area contributed by atoms with Gasteiger partial charge in [0, 0.05) is 12.6 Å². The smallest absolute Gasteiger partial charge is 0.224 e. The molecule has 0 fully saturated rings. The number of hydrogen-bond acceptors (Lipinski definition) is 2. The molecule has 0 saturated carbocycles. The van der Waals surface area contributed by atoms with E-state index in [-0.39, 0.29) is 5.91 Å². The summed E-state index contributed by atoms with van der Waals surface area (Å²) >= 11 is 0.